The fraction of sp³-hybridized carbons (Fsp3) is 0.0455. The highest BCUT2D eigenvalue weighted by Crippen LogP contribution is 2.54. The molecule has 0 aliphatic carbocycles. The Morgan fingerprint density at radius 3 is 1.35 bits per heavy atom. The molecular weight excluding hydrogens is 361 g/mol. The van der Waals surface area contributed by atoms with Crippen LogP contribution in [0.4, 0.5) is 0 Å². The Bertz CT molecular complexity index is 858. The van der Waals surface area contributed by atoms with Gasteiger partial charge in [-0.3, -0.25) is 0 Å². The maximum absolute atomic E-state index is 5.89. The van der Waals surface area contributed by atoms with Crippen molar-refractivity contribution in [3.63, 3.8) is 0 Å². The Labute approximate surface area is 160 Å². The van der Waals surface area contributed by atoms with Gasteiger partial charge in [-0.15, -0.1) is 0 Å². The van der Waals surface area contributed by atoms with Crippen LogP contribution < -0.4 is 33.8 Å². The van der Waals surface area contributed by atoms with E-state index in [0.29, 0.717) is 0 Å². The third-order valence-corrected chi connectivity index (χ3v) is 8.47. The molecule has 0 saturated heterocycles. The summed E-state index contributed by atoms with van der Waals surface area (Å²) in [7, 11) is -2.11. The van der Waals surface area contributed by atoms with Crippen LogP contribution in [0.5, 0.6) is 0 Å². The van der Waals surface area contributed by atoms with E-state index in [0.717, 1.165) is 11.2 Å². The van der Waals surface area contributed by atoms with E-state index in [1.807, 2.05) is 6.92 Å². The van der Waals surface area contributed by atoms with Crippen LogP contribution in [0, 0.1) is 6.92 Å². The number of hydrogen-bond donors (Lipinski definition) is 0. The fourth-order valence-electron chi connectivity index (χ4n) is 3.29. The molecule has 3 aromatic carbocycles. The van der Waals surface area contributed by atoms with E-state index < -0.39 is 7.26 Å². The lowest BCUT2D eigenvalue weighted by Crippen LogP contribution is -3.00. The summed E-state index contributed by atoms with van der Waals surface area (Å²) < 4.78 is 5.89. The van der Waals surface area contributed by atoms with Crippen molar-refractivity contribution in [1.82, 2.24) is 5.16 Å². The summed E-state index contributed by atoms with van der Waals surface area (Å²) in [6, 6.07) is 34.0. The quantitative estimate of drug-likeness (QED) is 0.486. The second-order valence-corrected chi connectivity index (χ2v) is 9.32. The maximum Gasteiger partial charge on any atom is 0.288 e. The van der Waals surface area contributed by atoms with Crippen LogP contribution in [0.15, 0.2) is 102 Å². The first-order valence-electron chi connectivity index (χ1n) is 8.31. The fourth-order valence-corrected chi connectivity index (χ4v) is 7.35. The Morgan fingerprint density at radius 1 is 0.654 bits per heavy atom. The third-order valence-electron chi connectivity index (χ3n) is 4.38. The highest BCUT2D eigenvalue weighted by Gasteiger charge is 2.51. The zero-order valence-corrected chi connectivity index (χ0v) is 16.1. The van der Waals surface area contributed by atoms with Gasteiger partial charge in [0, 0.05) is 6.07 Å². The molecule has 0 atom stereocenters. The van der Waals surface area contributed by atoms with E-state index in [1.165, 1.54) is 15.9 Å². The molecule has 0 fully saturated rings. The molecule has 0 N–H and O–H groups in total. The van der Waals surface area contributed by atoms with Crippen molar-refractivity contribution in [1.29, 1.82) is 0 Å². The summed E-state index contributed by atoms with van der Waals surface area (Å²) in [5.74, 6) is 0. The largest absolute Gasteiger partial charge is 1.00 e. The van der Waals surface area contributed by atoms with Crippen molar-refractivity contribution in [2.75, 3.05) is 0 Å². The molecule has 2 nitrogen and oxygen atoms in total. The van der Waals surface area contributed by atoms with Crippen LogP contribution in [-0.4, -0.2) is 5.16 Å². The molecule has 4 rings (SSSR count). The Kier molecular flexibility index (Phi) is 5.56. The normalized spacial score (nSPS) is 11.0. The second-order valence-electron chi connectivity index (χ2n) is 5.98. The molecule has 1 heterocycles. The number of hydrogen-bond acceptors (Lipinski definition) is 2. The standard InChI is InChI=1S/C22H19NOP.ClH/c1-18-17-22(24-23-18)25(19-11-5-2-6-12-19,20-13-7-3-8-14-20)21-15-9-4-10-16-21;/h2-17H,1H3;1H/q+1;/p-1. The van der Waals surface area contributed by atoms with Crippen LogP contribution in [0.1, 0.15) is 5.69 Å². The van der Waals surface area contributed by atoms with E-state index in [1.54, 1.807) is 0 Å². The van der Waals surface area contributed by atoms with Crippen molar-refractivity contribution in [3.05, 3.63) is 103 Å². The first-order valence-corrected chi connectivity index (χ1v) is 10.1. The molecule has 0 saturated carbocycles. The van der Waals surface area contributed by atoms with Crippen LogP contribution >= 0.6 is 7.26 Å². The van der Waals surface area contributed by atoms with E-state index in [4.69, 9.17) is 4.52 Å². The number of aromatic nitrogens is 1. The van der Waals surface area contributed by atoms with Gasteiger partial charge >= 0.3 is 0 Å². The predicted molar refractivity (Wildman–Crippen MR) is 106 cm³/mol. The summed E-state index contributed by atoms with van der Waals surface area (Å²) in [5.41, 5.74) is 1.84. The molecule has 0 spiro atoms. The Balaban J connectivity index is 0.00000196. The second kappa shape index (κ2) is 7.86. The highest BCUT2D eigenvalue weighted by molar-refractivity contribution is 8.01. The van der Waals surface area contributed by atoms with Gasteiger partial charge in [0.15, 0.2) is 7.26 Å². The van der Waals surface area contributed by atoms with E-state index in [2.05, 4.69) is 102 Å². The van der Waals surface area contributed by atoms with Gasteiger partial charge in [0.2, 0.25) is 0 Å². The Morgan fingerprint density at radius 2 is 1.04 bits per heavy atom. The number of benzene rings is 3. The molecule has 1 aromatic heterocycles. The van der Waals surface area contributed by atoms with Gasteiger partial charge in [-0.05, 0) is 43.3 Å². The van der Waals surface area contributed by atoms with E-state index in [-0.39, 0.29) is 12.4 Å². The number of aryl methyl sites for hydroxylation is 1. The van der Waals surface area contributed by atoms with Gasteiger partial charge in [0.25, 0.3) is 5.50 Å². The lowest BCUT2D eigenvalue weighted by molar-refractivity contribution is -0.00000525. The van der Waals surface area contributed by atoms with Crippen LogP contribution in [0.2, 0.25) is 0 Å². The van der Waals surface area contributed by atoms with Crippen molar-refractivity contribution in [3.8, 4) is 0 Å². The molecule has 130 valence electrons. The molecule has 0 unspecified atom stereocenters. The van der Waals surface area contributed by atoms with Gasteiger partial charge in [-0.25, -0.2) is 0 Å². The number of rotatable bonds is 4. The third kappa shape index (κ3) is 3.07. The van der Waals surface area contributed by atoms with Crippen LogP contribution in [-0.2, 0) is 0 Å². The van der Waals surface area contributed by atoms with Gasteiger partial charge in [-0.2, -0.15) is 0 Å². The molecule has 0 aliphatic heterocycles. The molecule has 4 heteroatoms. The van der Waals surface area contributed by atoms with Crippen LogP contribution in [0.3, 0.4) is 0 Å². The molecule has 0 aliphatic rings. The van der Waals surface area contributed by atoms with Crippen molar-refractivity contribution >= 4 is 28.7 Å². The van der Waals surface area contributed by atoms with Gasteiger partial charge in [0.1, 0.15) is 15.9 Å². The van der Waals surface area contributed by atoms with E-state index >= 15 is 0 Å². The zero-order chi connectivity index (χ0) is 17.1. The molecule has 0 bridgehead atoms. The van der Waals surface area contributed by atoms with E-state index in [9.17, 15) is 0 Å². The van der Waals surface area contributed by atoms with Crippen molar-refractivity contribution in [2.45, 2.75) is 6.92 Å². The smallest absolute Gasteiger partial charge is 0.288 e. The van der Waals surface area contributed by atoms with Crippen molar-refractivity contribution in [2.24, 2.45) is 0 Å². The summed E-state index contributed by atoms with van der Waals surface area (Å²) in [5, 5.41) is 8.01. The summed E-state index contributed by atoms with van der Waals surface area (Å²) in [6.07, 6.45) is 0. The number of nitrogens with zero attached hydrogens (tertiary/aromatic N) is 1. The molecule has 4 aromatic rings. The van der Waals surface area contributed by atoms with Crippen molar-refractivity contribution < 1.29 is 16.9 Å². The zero-order valence-electron chi connectivity index (χ0n) is 14.4. The first kappa shape index (κ1) is 18.4. The first-order chi connectivity index (χ1) is 12.3. The SMILES string of the molecule is Cc1cc([P+](c2ccccc2)(c2ccccc2)c2ccccc2)on1.[Cl-]. The maximum atomic E-state index is 5.89. The minimum absolute atomic E-state index is 0. The topological polar surface area (TPSA) is 26.0 Å². The molecule has 0 amide bonds. The monoisotopic (exact) mass is 379 g/mol. The predicted octanol–water partition coefficient (Wildman–Crippen LogP) is 0.606. The summed E-state index contributed by atoms with van der Waals surface area (Å²) in [6.45, 7) is 1.97. The average Bonchev–Trinajstić information content (AvgIpc) is 3.12. The molecule has 26 heavy (non-hydrogen) atoms. The summed E-state index contributed by atoms with van der Waals surface area (Å²) in [4.78, 5) is 0. The van der Waals surface area contributed by atoms with Crippen LogP contribution in [0.25, 0.3) is 0 Å². The van der Waals surface area contributed by atoms with Gasteiger partial charge < -0.3 is 16.9 Å². The minimum Gasteiger partial charge on any atom is -1.00 e. The average molecular weight is 380 g/mol. The van der Waals surface area contributed by atoms with Gasteiger partial charge in [-0.1, -0.05) is 59.8 Å². The summed E-state index contributed by atoms with van der Waals surface area (Å²) >= 11 is 0. The van der Waals surface area contributed by atoms with Gasteiger partial charge in [0.05, 0.1) is 5.69 Å². The minimum atomic E-state index is -2.11. The molecular formula is C22H19ClNOP. The highest BCUT2D eigenvalue weighted by atomic mass is 35.5. The lowest BCUT2D eigenvalue weighted by Gasteiger charge is -2.24. The number of halogens is 1. The molecule has 0 radical (unpaired) electrons. The lowest BCUT2D eigenvalue weighted by atomic mass is 10.4. The Hall–Kier alpha value is -2.41.